The molecule has 12 heteroatoms. The second kappa shape index (κ2) is 8.43. The Morgan fingerprint density at radius 2 is 1.21 bits per heavy atom. The van der Waals surface area contributed by atoms with E-state index in [0.717, 1.165) is 24.3 Å². The van der Waals surface area contributed by atoms with Gasteiger partial charge in [-0.05, 0) is 36.4 Å². The van der Waals surface area contributed by atoms with E-state index in [4.69, 9.17) is 46.4 Å². The SMILES string of the molecule is O=S(=O)([N-]S(=O)(=O)c1cc(Cl)c(Cl)cc1Cl)c1ccc(Cl)cc1.[Na+]. The zero-order valence-electron chi connectivity index (χ0n) is 11.9. The molecule has 0 radical (unpaired) electrons. The normalized spacial score (nSPS) is 11.8. The monoisotopic (exact) mass is 455 g/mol. The average molecular weight is 457 g/mol. The first-order valence-corrected chi connectivity index (χ1v) is 10.1. The summed E-state index contributed by atoms with van der Waals surface area (Å²) in [7, 11) is -9.10. The van der Waals surface area contributed by atoms with Crippen LogP contribution in [0.5, 0.6) is 0 Å². The number of halogens is 4. The molecule has 0 aliphatic heterocycles. The Kier molecular flexibility index (Phi) is 7.91. The summed E-state index contributed by atoms with van der Waals surface area (Å²) in [6.07, 6.45) is 0. The number of hydrogen-bond donors (Lipinski definition) is 0. The van der Waals surface area contributed by atoms with Crippen LogP contribution in [0.3, 0.4) is 0 Å². The second-order valence-electron chi connectivity index (χ2n) is 4.18. The zero-order chi connectivity index (χ0) is 17.4. The van der Waals surface area contributed by atoms with E-state index in [2.05, 4.69) is 4.13 Å². The zero-order valence-corrected chi connectivity index (χ0v) is 18.5. The Bertz CT molecular complexity index is 963. The third kappa shape index (κ3) is 5.23. The van der Waals surface area contributed by atoms with E-state index in [-0.39, 0.29) is 49.5 Å². The minimum Gasteiger partial charge on any atom is -0.428 e. The van der Waals surface area contributed by atoms with Gasteiger partial charge in [0.15, 0.2) is 0 Å². The minimum absolute atomic E-state index is 0. The summed E-state index contributed by atoms with van der Waals surface area (Å²) in [6.45, 7) is 0. The summed E-state index contributed by atoms with van der Waals surface area (Å²) in [5, 5.41) is -0.0845. The first-order valence-electron chi connectivity index (χ1n) is 5.67. The first-order chi connectivity index (χ1) is 10.5. The van der Waals surface area contributed by atoms with E-state index in [9.17, 15) is 16.8 Å². The van der Waals surface area contributed by atoms with Crippen LogP contribution in [0.25, 0.3) is 4.13 Å². The average Bonchev–Trinajstić information content (AvgIpc) is 2.42. The van der Waals surface area contributed by atoms with Crippen molar-refractivity contribution in [1.82, 2.24) is 0 Å². The van der Waals surface area contributed by atoms with Crippen molar-refractivity contribution in [2.45, 2.75) is 9.79 Å². The molecule has 0 heterocycles. The van der Waals surface area contributed by atoms with Crippen molar-refractivity contribution in [3.63, 3.8) is 0 Å². The molecule has 0 saturated heterocycles. The van der Waals surface area contributed by atoms with Gasteiger partial charge in [0.25, 0.3) is 0 Å². The van der Waals surface area contributed by atoms with Crippen LogP contribution in [-0.4, -0.2) is 16.8 Å². The molecule has 2 aromatic rings. The fraction of sp³-hybridized carbons (Fsp3) is 0. The fourth-order valence-electron chi connectivity index (χ4n) is 1.52. The van der Waals surface area contributed by atoms with Gasteiger partial charge in [0.2, 0.25) is 0 Å². The van der Waals surface area contributed by atoms with E-state index in [1.54, 1.807) is 0 Å². The summed E-state index contributed by atoms with van der Waals surface area (Å²) in [4.78, 5) is -0.896. The summed E-state index contributed by atoms with van der Waals surface area (Å²) in [5.74, 6) is 0. The van der Waals surface area contributed by atoms with E-state index in [0.29, 0.717) is 5.02 Å². The van der Waals surface area contributed by atoms with Crippen molar-refractivity contribution in [1.29, 1.82) is 0 Å². The third-order valence-electron chi connectivity index (χ3n) is 2.56. The molecule has 0 aliphatic carbocycles. The summed E-state index contributed by atoms with van der Waals surface area (Å²) in [6, 6.07) is 6.87. The summed E-state index contributed by atoms with van der Waals surface area (Å²) >= 11 is 22.9. The molecule has 124 valence electrons. The van der Waals surface area contributed by atoms with Gasteiger partial charge in [0.1, 0.15) is 20.0 Å². The van der Waals surface area contributed by atoms with Gasteiger partial charge >= 0.3 is 29.6 Å². The predicted octanol–water partition coefficient (Wildman–Crippen LogP) is 1.76. The van der Waals surface area contributed by atoms with Gasteiger partial charge in [0, 0.05) is 9.92 Å². The van der Waals surface area contributed by atoms with Crippen LogP contribution in [-0.2, 0) is 20.0 Å². The van der Waals surface area contributed by atoms with Gasteiger partial charge in [-0.2, -0.15) is 0 Å². The number of nitrogens with zero attached hydrogens (tertiary/aromatic N) is 1. The molecule has 0 aliphatic rings. The largest absolute Gasteiger partial charge is 1.00 e. The topological polar surface area (TPSA) is 82.4 Å². The molecule has 0 N–H and O–H groups in total. The first kappa shape index (κ1) is 22.5. The second-order valence-corrected chi connectivity index (χ2v) is 9.24. The Hall–Kier alpha value is 0.460. The minimum atomic E-state index is -4.62. The molecule has 0 atom stereocenters. The Morgan fingerprint density at radius 1 is 0.708 bits per heavy atom. The van der Waals surface area contributed by atoms with Crippen LogP contribution in [0.15, 0.2) is 46.2 Å². The molecule has 24 heavy (non-hydrogen) atoms. The maximum atomic E-state index is 12.2. The molecule has 0 amide bonds. The van der Waals surface area contributed by atoms with Crippen molar-refractivity contribution in [2.75, 3.05) is 0 Å². The quantitative estimate of drug-likeness (QED) is 0.518. The maximum Gasteiger partial charge on any atom is 1.00 e. The molecule has 2 rings (SSSR count). The van der Waals surface area contributed by atoms with E-state index in [1.165, 1.54) is 12.1 Å². The van der Waals surface area contributed by atoms with Gasteiger partial charge in [0.05, 0.1) is 20.0 Å². The Labute approximate surface area is 181 Å². The number of rotatable bonds is 4. The van der Waals surface area contributed by atoms with Crippen LogP contribution < -0.4 is 29.6 Å². The van der Waals surface area contributed by atoms with Crippen LogP contribution in [0.1, 0.15) is 0 Å². The van der Waals surface area contributed by atoms with Crippen LogP contribution in [0.2, 0.25) is 20.1 Å². The predicted molar refractivity (Wildman–Crippen MR) is 90.7 cm³/mol. The Balaban J connectivity index is 0.00000288. The van der Waals surface area contributed by atoms with Gasteiger partial charge < -0.3 is 4.13 Å². The van der Waals surface area contributed by atoms with Gasteiger partial charge in [-0.15, -0.1) is 0 Å². The maximum absolute atomic E-state index is 12.2. The van der Waals surface area contributed by atoms with Gasteiger partial charge in [-0.25, -0.2) is 16.8 Å². The van der Waals surface area contributed by atoms with Crippen molar-refractivity contribution >= 4 is 66.5 Å². The molecular formula is C12H6Cl4NNaO4S2. The van der Waals surface area contributed by atoms with Crippen LogP contribution in [0.4, 0.5) is 0 Å². The molecule has 0 unspecified atom stereocenters. The number of benzene rings is 2. The van der Waals surface area contributed by atoms with Crippen molar-refractivity contribution in [3.05, 3.63) is 60.6 Å². The fourth-order valence-corrected chi connectivity index (χ4v) is 5.30. The molecule has 2 aromatic carbocycles. The van der Waals surface area contributed by atoms with Crippen molar-refractivity contribution in [3.8, 4) is 0 Å². The van der Waals surface area contributed by atoms with Crippen molar-refractivity contribution in [2.24, 2.45) is 0 Å². The van der Waals surface area contributed by atoms with E-state index >= 15 is 0 Å². The van der Waals surface area contributed by atoms with Crippen LogP contribution >= 0.6 is 46.4 Å². The Morgan fingerprint density at radius 3 is 1.75 bits per heavy atom. The van der Waals surface area contributed by atoms with E-state index in [1.807, 2.05) is 0 Å². The summed E-state index contributed by atoms with van der Waals surface area (Å²) in [5.41, 5.74) is 0. The molecule has 0 aromatic heterocycles. The molecule has 5 nitrogen and oxygen atoms in total. The third-order valence-corrected chi connectivity index (χ3v) is 7.29. The molecule has 0 fully saturated rings. The number of hydrogen-bond acceptors (Lipinski definition) is 4. The van der Waals surface area contributed by atoms with Crippen molar-refractivity contribution < 1.29 is 46.4 Å². The standard InChI is InChI=1S/C12H6Cl4NO4S2.Na/c13-7-1-3-8(4-2-7)22(18,19)17-23(20,21)12-6-10(15)9(14)5-11(12)16;/h1-6H;/q-1;+1. The molecule has 0 saturated carbocycles. The molecule has 0 spiro atoms. The number of sulfonamides is 2. The van der Waals surface area contributed by atoms with E-state index < -0.39 is 24.9 Å². The van der Waals surface area contributed by atoms with Crippen LogP contribution in [0, 0.1) is 0 Å². The smallest absolute Gasteiger partial charge is 0.428 e. The summed E-state index contributed by atoms with van der Waals surface area (Å²) < 4.78 is 51.6. The molecular weight excluding hydrogens is 451 g/mol. The van der Waals surface area contributed by atoms with Gasteiger partial charge in [-0.3, -0.25) is 0 Å². The van der Waals surface area contributed by atoms with Gasteiger partial charge in [-0.1, -0.05) is 46.4 Å². The molecule has 0 bridgehead atoms.